The van der Waals surface area contributed by atoms with E-state index in [0.29, 0.717) is 16.6 Å². The molecule has 0 unspecified atom stereocenters. The number of aromatic nitrogens is 3. The van der Waals surface area contributed by atoms with E-state index in [-0.39, 0.29) is 5.82 Å². The van der Waals surface area contributed by atoms with Gasteiger partial charge < -0.3 is 9.88 Å². The molecule has 1 heterocycles. The molecule has 0 radical (unpaired) electrons. The fourth-order valence-electron chi connectivity index (χ4n) is 1.77. The van der Waals surface area contributed by atoms with E-state index in [0.717, 1.165) is 24.4 Å². The third-order valence-electron chi connectivity index (χ3n) is 3.04. The van der Waals surface area contributed by atoms with Crippen LogP contribution in [0.4, 0.5) is 4.39 Å². The summed E-state index contributed by atoms with van der Waals surface area (Å²) < 4.78 is 15.9. The Labute approximate surface area is 122 Å². The first-order valence-corrected chi connectivity index (χ1v) is 7.47. The van der Waals surface area contributed by atoms with Crippen molar-refractivity contribution in [3.05, 3.63) is 35.4 Å². The van der Waals surface area contributed by atoms with Crippen LogP contribution in [-0.2, 0) is 13.6 Å². The Kier molecular flexibility index (Phi) is 5.14. The monoisotopic (exact) mass is 294 g/mol. The molecule has 0 aliphatic rings. The first kappa shape index (κ1) is 15.0. The fourth-order valence-corrected chi connectivity index (χ4v) is 2.74. The minimum absolute atomic E-state index is 0.216. The summed E-state index contributed by atoms with van der Waals surface area (Å²) in [6, 6.07) is 5.16. The summed E-state index contributed by atoms with van der Waals surface area (Å²) in [5.74, 6) is 0.598. The van der Waals surface area contributed by atoms with Crippen LogP contribution in [0.5, 0.6) is 0 Å². The Bertz CT molecular complexity index is 583. The van der Waals surface area contributed by atoms with Crippen molar-refractivity contribution in [2.45, 2.75) is 36.9 Å². The quantitative estimate of drug-likeness (QED) is 0.832. The lowest BCUT2D eigenvalue weighted by Gasteiger charge is -2.10. The van der Waals surface area contributed by atoms with E-state index >= 15 is 0 Å². The van der Waals surface area contributed by atoms with Gasteiger partial charge in [0.2, 0.25) is 0 Å². The summed E-state index contributed by atoms with van der Waals surface area (Å²) in [6.45, 7) is 5.56. The van der Waals surface area contributed by atoms with E-state index in [1.54, 1.807) is 6.07 Å². The van der Waals surface area contributed by atoms with Gasteiger partial charge in [-0.25, -0.2) is 4.39 Å². The Morgan fingerprint density at radius 2 is 2.15 bits per heavy atom. The van der Waals surface area contributed by atoms with Crippen molar-refractivity contribution in [2.24, 2.45) is 7.05 Å². The van der Waals surface area contributed by atoms with E-state index in [2.05, 4.69) is 22.4 Å². The lowest BCUT2D eigenvalue weighted by atomic mass is 10.2. The maximum Gasteiger partial charge on any atom is 0.195 e. The Morgan fingerprint density at radius 1 is 1.35 bits per heavy atom. The van der Waals surface area contributed by atoms with Gasteiger partial charge in [0, 0.05) is 13.6 Å². The SMILES string of the molecule is CCCNCc1cccc(F)c1Sc1nnc(C)n1C. The second-order valence-corrected chi connectivity index (χ2v) is 5.57. The van der Waals surface area contributed by atoms with Crippen molar-refractivity contribution in [1.82, 2.24) is 20.1 Å². The standard InChI is InChI=1S/C14H19FN4S/c1-4-8-16-9-11-6-5-7-12(15)13(11)20-14-18-17-10(2)19(14)3/h5-7,16H,4,8-9H2,1-3H3. The first-order valence-electron chi connectivity index (χ1n) is 6.65. The van der Waals surface area contributed by atoms with Crippen LogP contribution in [0.3, 0.4) is 0 Å². The highest BCUT2D eigenvalue weighted by Gasteiger charge is 2.14. The van der Waals surface area contributed by atoms with Gasteiger partial charge in [0.15, 0.2) is 5.16 Å². The minimum atomic E-state index is -0.216. The van der Waals surface area contributed by atoms with Gasteiger partial charge in [-0.05, 0) is 43.3 Å². The van der Waals surface area contributed by atoms with Gasteiger partial charge in [0.25, 0.3) is 0 Å². The average molecular weight is 294 g/mol. The zero-order valence-corrected chi connectivity index (χ0v) is 12.8. The molecule has 0 saturated heterocycles. The molecule has 20 heavy (non-hydrogen) atoms. The van der Waals surface area contributed by atoms with Gasteiger partial charge in [-0.15, -0.1) is 10.2 Å². The van der Waals surface area contributed by atoms with Gasteiger partial charge in [0.05, 0.1) is 4.90 Å². The molecule has 4 nitrogen and oxygen atoms in total. The topological polar surface area (TPSA) is 42.7 Å². The molecule has 0 aliphatic heterocycles. The van der Waals surface area contributed by atoms with Crippen LogP contribution in [0.2, 0.25) is 0 Å². The van der Waals surface area contributed by atoms with E-state index in [9.17, 15) is 4.39 Å². The van der Waals surface area contributed by atoms with Crippen molar-refractivity contribution in [3.8, 4) is 0 Å². The third kappa shape index (κ3) is 3.37. The smallest absolute Gasteiger partial charge is 0.195 e. The number of nitrogens with zero attached hydrogens (tertiary/aromatic N) is 3. The van der Waals surface area contributed by atoms with Gasteiger partial charge in [0.1, 0.15) is 11.6 Å². The summed E-state index contributed by atoms with van der Waals surface area (Å²) in [5, 5.41) is 12.1. The number of hydrogen-bond donors (Lipinski definition) is 1. The predicted octanol–water partition coefficient (Wildman–Crippen LogP) is 2.91. The molecule has 0 aliphatic carbocycles. The summed E-state index contributed by atoms with van der Waals surface area (Å²) in [4.78, 5) is 0.617. The molecule has 1 aromatic heterocycles. The van der Waals surface area contributed by atoms with Crippen molar-refractivity contribution in [3.63, 3.8) is 0 Å². The normalized spacial score (nSPS) is 11.0. The fraction of sp³-hybridized carbons (Fsp3) is 0.429. The van der Waals surface area contributed by atoms with Crippen LogP contribution in [0.15, 0.2) is 28.3 Å². The number of halogens is 1. The van der Waals surface area contributed by atoms with E-state index in [1.165, 1.54) is 17.8 Å². The highest BCUT2D eigenvalue weighted by molar-refractivity contribution is 7.99. The molecule has 2 aromatic rings. The molecule has 2 rings (SSSR count). The summed E-state index contributed by atoms with van der Waals surface area (Å²) in [6.07, 6.45) is 1.06. The Hall–Kier alpha value is -1.40. The van der Waals surface area contributed by atoms with Crippen molar-refractivity contribution >= 4 is 11.8 Å². The average Bonchev–Trinajstić information content (AvgIpc) is 2.74. The van der Waals surface area contributed by atoms with Gasteiger partial charge in [-0.3, -0.25) is 0 Å². The van der Waals surface area contributed by atoms with Gasteiger partial charge >= 0.3 is 0 Å². The Balaban J connectivity index is 2.23. The lowest BCUT2D eigenvalue weighted by Crippen LogP contribution is -2.14. The van der Waals surface area contributed by atoms with E-state index < -0.39 is 0 Å². The second kappa shape index (κ2) is 6.85. The lowest BCUT2D eigenvalue weighted by molar-refractivity contribution is 0.588. The molecule has 1 N–H and O–H groups in total. The molecule has 0 saturated carbocycles. The molecule has 0 spiro atoms. The zero-order valence-electron chi connectivity index (χ0n) is 12.0. The summed E-state index contributed by atoms with van der Waals surface area (Å²) in [5.41, 5.74) is 0.948. The van der Waals surface area contributed by atoms with Crippen molar-refractivity contribution < 1.29 is 4.39 Å². The molecule has 108 valence electrons. The highest BCUT2D eigenvalue weighted by atomic mass is 32.2. The number of nitrogens with one attached hydrogen (secondary N) is 1. The molecule has 0 atom stereocenters. The molecule has 1 aromatic carbocycles. The minimum Gasteiger partial charge on any atom is -0.313 e. The Morgan fingerprint density at radius 3 is 2.80 bits per heavy atom. The predicted molar refractivity (Wildman–Crippen MR) is 78.3 cm³/mol. The van der Waals surface area contributed by atoms with Crippen molar-refractivity contribution in [2.75, 3.05) is 6.54 Å². The van der Waals surface area contributed by atoms with Crippen LogP contribution >= 0.6 is 11.8 Å². The number of aryl methyl sites for hydroxylation is 1. The third-order valence-corrected chi connectivity index (χ3v) is 4.24. The summed E-state index contributed by atoms with van der Waals surface area (Å²) in [7, 11) is 1.88. The molecular weight excluding hydrogens is 275 g/mol. The number of benzene rings is 1. The van der Waals surface area contributed by atoms with Crippen LogP contribution in [0, 0.1) is 12.7 Å². The maximum atomic E-state index is 14.1. The molecule has 0 amide bonds. The number of rotatable bonds is 6. The van der Waals surface area contributed by atoms with Crippen LogP contribution in [0.1, 0.15) is 24.7 Å². The van der Waals surface area contributed by atoms with Crippen LogP contribution in [-0.4, -0.2) is 21.3 Å². The van der Waals surface area contributed by atoms with E-state index in [4.69, 9.17) is 0 Å². The number of hydrogen-bond acceptors (Lipinski definition) is 4. The second-order valence-electron chi connectivity index (χ2n) is 4.60. The van der Waals surface area contributed by atoms with Crippen LogP contribution < -0.4 is 5.32 Å². The van der Waals surface area contributed by atoms with E-state index in [1.807, 2.05) is 24.6 Å². The molecule has 6 heteroatoms. The molecular formula is C14H19FN4S. The molecule has 0 fully saturated rings. The highest BCUT2D eigenvalue weighted by Crippen LogP contribution is 2.31. The van der Waals surface area contributed by atoms with Gasteiger partial charge in [-0.2, -0.15) is 0 Å². The summed E-state index contributed by atoms with van der Waals surface area (Å²) >= 11 is 1.32. The van der Waals surface area contributed by atoms with Gasteiger partial charge in [-0.1, -0.05) is 19.1 Å². The largest absolute Gasteiger partial charge is 0.313 e. The zero-order chi connectivity index (χ0) is 14.5. The maximum absolute atomic E-state index is 14.1. The van der Waals surface area contributed by atoms with Crippen molar-refractivity contribution in [1.29, 1.82) is 0 Å². The first-order chi connectivity index (χ1) is 9.63. The van der Waals surface area contributed by atoms with Crippen LogP contribution in [0.25, 0.3) is 0 Å². The molecule has 0 bridgehead atoms.